The molecule has 0 aliphatic heterocycles. The molecule has 0 saturated heterocycles. The summed E-state index contributed by atoms with van der Waals surface area (Å²) in [5.74, 6) is -0.616. The van der Waals surface area contributed by atoms with E-state index in [1.54, 1.807) is 13.0 Å². The Morgan fingerprint density at radius 3 is 2.78 bits per heavy atom. The minimum absolute atomic E-state index is 0.172. The normalized spacial score (nSPS) is 11.2. The molecule has 0 spiro atoms. The lowest BCUT2D eigenvalue weighted by molar-refractivity contribution is -0.142. The Labute approximate surface area is 106 Å². The number of aryl methyl sites for hydroxylation is 1. The highest BCUT2D eigenvalue weighted by Crippen LogP contribution is 2.08. The number of aromatic amines is 1. The van der Waals surface area contributed by atoms with Gasteiger partial charge in [-0.05, 0) is 13.3 Å². The predicted molar refractivity (Wildman–Crippen MR) is 66.6 cm³/mol. The number of hydrogen-bond acceptors (Lipinski definition) is 5. The van der Waals surface area contributed by atoms with Gasteiger partial charge in [-0.25, -0.2) is 8.42 Å². The molecule has 0 radical (unpaired) electrons. The van der Waals surface area contributed by atoms with E-state index in [1.165, 1.54) is 0 Å². The van der Waals surface area contributed by atoms with Crippen molar-refractivity contribution in [3.63, 3.8) is 0 Å². The van der Waals surface area contributed by atoms with Crippen molar-refractivity contribution >= 4 is 21.8 Å². The number of carbonyl (C=O) groups excluding carboxylic acids is 1. The number of nitrogens with one attached hydrogen (secondary N) is 2. The first-order valence-electron chi connectivity index (χ1n) is 5.67. The Morgan fingerprint density at radius 2 is 2.22 bits per heavy atom. The molecule has 102 valence electrons. The second kappa shape index (κ2) is 6.39. The van der Waals surface area contributed by atoms with Crippen LogP contribution in [0.2, 0.25) is 0 Å². The molecule has 18 heavy (non-hydrogen) atoms. The van der Waals surface area contributed by atoms with Crippen LogP contribution in [0.4, 0.5) is 5.82 Å². The standard InChI is InChI=1S/C10H17N3O4S/c1-3-8-7-9(12-11-8)13-18(15,16)6-5-10(14)17-4-2/h7H,3-6H2,1-2H3,(H2,11,12,13). The summed E-state index contributed by atoms with van der Waals surface area (Å²) in [6.45, 7) is 3.83. The number of rotatable bonds is 7. The van der Waals surface area contributed by atoms with Crippen molar-refractivity contribution in [2.75, 3.05) is 17.1 Å². The number of anilines is 1. The monoisotopic (exact) mass is 275 g/mol. The summed E-state index contributed by atoms with van der Waals surface area (Å²) in [5.41, 5.74) is 0.832. The molecule has 0 aromatic carbocycles. The van der Waals surface area contributed by atoms with E-state index in [0.29, 0.717) is 0 Å². The first kappa shape index (κ1) is 14.5. The Hall–Kier alpha value is -1.57. The zero-order valence-corrected chi connectivity index (χ0v) is 11.2. The van der Waals surface area contributed by atoms with Crippen LogP contribution in [0.1, 0.15) is 26.0 Å². The van der Waals surface area contributed by atoms with Gasteiger partial charge >= 0.3 is 5.97 Å². The van der Waals surface area contributed by atoms with E-state index >= 15 is 0 Å². The largest absolute Gasteiger partial charge is 0.466 e. The lowest BCUT2D eigenvalue weighted by Gasteiger charge is -2.04. The molecule has 2 N–H and O–H groups in total. The van der Waals surface area contributed by atoms with Gasteiger partial charge in [0.15, 0.2) is 5.82 Å². The zero-order valence-electron chi connectivity index (χ0n) is 10.4. The molecule has 0 aliphatic carbocycles. The fourth-order valence-corrected chi connectivity index (χ4v) is 2.22. The second-order valence-electron chi connectivity index (χ2n) is 3.61. The van der Waals surface area contributed by atoms with E-state index in [1.807, 2.05) is 6.92 Å². The lowest BCUT2D eigenvalue weighted by atomic mass is 10.3. The molecule has 1 heterocycles. The number of nitrogens with zero attached hydrogens (tertiary/aromatic N) is 1. The predicted octanol–water partition coefficient (Wildman–Crippen LogP) is 0.667. The van der Waals surface area contributed by atoms with E-state index in [4.69, 9.17) is 0 Å². The Bertz CT molecular complexity index is 495. The van der Waals surface area contributed by atoms with Crippen LogP contribution in [0.5, 0.6) is 0 Å². The van der Waals surface area contributed by atoms with E-state index in [-0.39, 0.29) is 24.6 Å². The number of aromatic nitrogens is 2. The van der Waals surface area contributed by atoms with Gasteiger partial charge in [0.1, 0.15) is 0 Å². The van der Waals surface area contributed by atoms with Crippen LogP contribution in [0.15, 0.2) is 6.07 Å². The van der Waals surface area contributed by atoms with Crippen molar-refractivity contribution < 1.29 is 17.9 Å². The molecule has 0 fully saturated rings. The Kier molecular flexibility index (Phi) is 5.14. The topological polar surface area (TPSA) is 101 Å². The number of esters is 1. The van der Waals surface area contributed by atoms with E-state index in [9.17, 15) is 13.2 Å². The van der Waals surface area contributed by atoms with Crippen molar-refractivity contribution in [2.24, 2.45) is 0 Å². The summed E-state index contributed by atoms with van der Waals surface area (Å²) in [6, 6.07) is 1.61. The molecule has 0 bridgehead atoms. The molecule has 0 unspecified atom stereocenters. The minimum atomic E-state index is -3.58. The SMILES string of the molecule is CCOC(=O)CCS(=O)(=O)Nc1cc(CC)[nH]n1. The highest BCUT2D eigenvalue weighted by molar-refractivity contribution is 7.92. The first-order chi connectivity index (χ1) is 8.46. The molecule has 0 atom stereocenters. The first-order valence-corrected chi connectivity index (χ1v) is 7.32. The third-order valence-electron chi connectivity index (χ3n) is 2.15. The van der Waals surface area contributed by atoms with Crippen LogP contribution >= 0.6 is 0 Å². The van der Waals surface area contributed by atoms with E-state index < -0.39 is 16.0 Å². The van der Waals surface area contributed by atoms with Crippen LogP contribution < -0.4 is 4.72 Å². The van der Waals surface area contributed by atoms with E-state index in [2.05, 4.69) is 19.7 Å². The van der Waals surface area contributed by atoms with Crippen molar-refractivity contribution in [1.29, 1.82) is 0 Å². The molecule has 7 nitrogen and oxygen atoms in total. The number of carbonyl (C=O) groups is 1. The van der Waals surface area contributed by atoms with Gasteiger partial charge in [0.25, 0.3) is 0 Å². The maximum Gasteiger partial charge on any atom is 0.306 e. The number of ether oxygens (including phenoxy) is 1. The molecule has 0 amide bonds. The van der Waals surface area contributed by atoms with Crippen LogP contribution in [0.3, 0.4) is 0 Å². The van der Waals surface area contributed by atoms with Crippen LogP contribution in [-0.4, -0.2) is 36.9 Å². The number of H-pyrrole nitrogens is 1. The van der Waals surface area contributed by atoms with Crippen molar-refractivity contribution in [3.05, 3.63) is 11.8 Å². The summed E-state index contributed by atoms with van der Waals surface area (Å²) in [7, 11) is -3.58. The van der Waals surface area contributed by atoms with Gasteiger partial charge in [0, 0.05) is 11.8 Å². The van der Waals surface area contributed by atoms with Crippen LogP contribution in [0, 0.1) is 0 Å². The fourth-order valence-electron chi connectivity index (χ4n) is 1.26. The third kappa shape index (κ3) is 4.74. The van der Waals surface area contributed by atoms with E-state index in [0.717, 1.165) is 12.1 Å². The third-order valence-corrected chi connectivity index (χ3v) is 3.41. The maximum atomic E-state index is 11.6. The number of hydrogen-bond donors (Lipinski definition) is 2. The van der Waals surface area contributed by atoms with Gasteiger partial charge in [-0.3, -0.25) is 14.6 Å². The van der Waals surface area contributed by atoms with Gasteiger partial charge in [-0.2, -0.15) is 5.10 Å². The Morgan fingerprint density at radius 1 is 1.50 bits per heavy atom. The van der Waals surface area contributed by atoms with Gasteiger partial charge in [0.2, 0.25) is 10.0 Å². The quantitative estimate of drug-likeness (QED) is 0.712. The molecular weight excluding hydrogens is 258 g/mol. The van der Waals surface area contributed by atoms with Gasteiger partial charge < -0.3 is 4.74 Å². The minimum Gasteiger partial charge on any atom is -0.466 e. The molecule has 1 aromatic heterocycles. The van der Waals surface area contributed by atoms with Crippen molar-refractivity contribution in [3.8, 4) is 0 Å². The summed E-state index contributed by atoms with van der Waals surface area (Å²) in [4.78, 5) is 11.1. The molecule has 1 aromatic rings. The summed E-state index contributed by atoms with van der Waals surface area (Å²) in [5, 5.41) is 6.50. The average molecular weight is 275 g/mol. The fraction of sp³-hybridized carbons (Fsp3) is 0.600. The molecule has 0 aliphatic rings. The lowest BCUT2D eigenvalue weighted by Crippen LogP contribution is -2.20. The highest BCUT2D eigenvalue weighted by Gasteiger charge is 2.15. The van der Waals surface area contributed by atoms with Crippen molar-refractivity contribution in [1.82, 2.24) is 10.2 Å². The second-order valence-corrected chi connectivity index (χ2v) is 5.45. The van der Waals surface area contributed by atoms with Gasteiger partial charge in [-0.15, -0.1) is 0 Å². The smallest absolute Gasteiger partial charge is 0.306 e. The van der Waals surface area contributed by atoms with Crippen molar-refractivity contribution in [2.45, 2.75) is 26.7 Å². The summed E-state index contributed by atoms with van der Waals surface area (Å²) < 4.78 is 30.2. The summed E-state index contributed by atoms with van der Waals surface area (Å²) >= 11 is 0. The maximum absolute atomic E-state index is 11.6. The number of sulfonamides is 1. The highest BCUT2D eigenvalue weighted by atomic mass is 32.2. The van der Waals surface area contributed by atoms with Gasteiger partial charge in [-0.1, -0.05) is 6.92 Å². The zero-order chi connectivity index (χ0) is 13.6. The Balaban J connectivity index is 2.51. The average Bonchev–Trinajstić information content (AvgIpc) is 2.74. The summed E-state index contributed by atoms with van der Waals surface area (Å²) in [6.07, 6.45) is 0.561. The van der Waals surface area contributed by atoms with Crippen LogP contribution in [0.25, 0.3) is 0 Å². The van der Waals surface area contributed by atoms with Gasteiger partial charge in [0.05, 0.1) is 18.8 Å². The molecular formula is C10H17N3O4S. The molecule has 8 heteroatoms. The molecule has 1 rings (SSSR count). The molecule has 0 saturated carbocycles. The van der Waals surface area contributed by atoms with Crippen LogP contribution in [-0.2, 0) is 26.0 Å².